The lowest BCUT2D eigenvalue weighted by molar-refractivity contribution is -0.132. The second-order valence-electron chi connectivity index (χ2n) is 7.32. The maximum absolute atomic E-state index is 12.9. The summed E-state index contributed by atoms with van der Waals surface area (Å²) >= 11 is 1.40. The van der Waals surface area contributed by atoms with E-state index in [0.29, 0.717) is 11.4 Å². The average molecular weight is 388 g/mol. The van der Waals surface area contributed by atoms with Crippen molar-refractivity contribution in [3.05, 3.63) is 34.0 Å². The highest BCUT2D eigenvalue weighted by Gasteiger charge is 2.35. The predicted octanol–water partition coefficient (Wildman–Crippen LogP) is 2.50. The molecule has 4 rings (SSSR count). The molecule has 8 heteroatoms. The number of amides is 2. The maximum atomic E-state index is 12.9. The van der Waals surface area contributed by atoms with Gasteiger partial charge in [0.15, 0.2) is 5.82 Å². The fourth-order valence-electron chi connectivity index (χ4n) is 4.04. The molecule has 0 radical (unpaired) electrons. The number of likely N-dealkylation sites (tertiary alicyclic amines) is 1. The van der Waals surface area contributed by atoms with E-state index < -0.39 is 0 Å². The normalized spacial score (nSPS) is 19.6. The smallest absolute Gasteiger partial charge is 0.264 e. The van der Waals surface area contributed by atoms with E-state index in [0.717, 1.165) is 50.3 Å². The Balaban J connectivity index is 1.47. The van der Waals surface area contributed by atoms with E-state index >= 15 is 0 Å². The van der Waals surface area contributed by atoms with Crippen LogP contribution in [0.5, 0.6) is 0 Å². The minimum atomic E-state index is -0.106. The SMILES string of the molecule is CN(CC(=O)N1CCCC1c1nnc2n1CCCCC2)C(=O)c1cccs1. The first-order valence-electron chi connectivity index (χ1n) is 9.65. The van der Waals surface area contributed by atoms with Crippen LogP contribution in [0.1, 0.15) is 59.5 Å². The van der Waals surface area contributed by atoms with Crippen LogP contribution < -0.4 is 0 Å². The molecule has 0 spiro atoms. The van der Waals surface area contributed by atoms with Crippen LogP contribution in [0.4, 0.5) is 0 Å². The van der Waals surface area contributed by atoms with Crippen molar-refractivity contribution in [2.24, 2.45) is 0 Å². The summed E-state index contributed by atoms with van der Waals surface area (Å²) in [5.41, 5.74) is 0. The van der Waals surface area contributed by atoms with Gasteiger partial charge in [-0.15, -0.1) is 21.5 Å². The monoisotopic (exact) mass is 387 g/mol. The molecule has 0 aromatic carbocycles. The number of nitrogens with zero attached hydrogens (tertiary/aromatic N) is 5. The van der Waals surface area contributed by atoms with E-state index in [2.05, 4.69) is 14.8 Å². The summed E-state index contributed by atoms with van der Waals surface area (Å²) < 4.78 is 2.23. The molecule has 0 aliphatic carbocycles. The molecule has 0 saturated carbocycles. The molecule has 2 aromatic rings. The molecule has 4 heterocycles. The maximum Gasteiger partial charge on any atom is 0.264 e. The van der Waals surface area contributed by atoms with E-state index in [4.69, 9.17) is 0 Å². The molecule has 1 unspecified atom stereocenters. The lowest BCUT2D eigenvalue weighted by Crippen LogP contribution is -2.41. The van der Waals surface area contributed by atoms with Gasteiger partial charge in [0.1, 0.15) is 5.82 Å². The summed E-state index contributed by atoms with van der Waals surface area (Å²) in [6.45, 7) is 1.74. The summed E-state index contributed by atoms with van der Waals surface area (Å²) in [7, 11) is 1.69. The van der Waals surface area contributed by atoms with Crippen LogP contribution in [0.2, 0.25) is 0 Å². The number of carbonyl (C=O) groups is 2. The van der Waals surface area contributed by atoms with Crippen LogP contribution in [0, 0.1) is 0 Å². The summed E-state index contributed by atoms with van der Waals surface area (Å²) in [6.07, 6.45) is 6.34. The number of hydrogen-bond acceptors (Lipinski definition) is 5. The molecule has 2 aliphatic rings. The van der Waals surface area contributed by atoms with E-state index in [1.165, 1.54) is 22.7 Å². The minimum absolute atomic E-state index is 0.0177. The first kappa shape index (κ1) is 18.2. The van der Waals surface area contributed by atoms with Crippen molar-refractivity contribution < 1.29 is 9.59 Å². The summed E-state index contributed by atoms with van der Waals surface area (Å²) in [5, 5.41) is 10.7. The quantitative estimate of drug-likeness (QED) is 0.808. The Morgan fingerprint density at radius 3 is 2.93 bits per heavy atom. The van der Waals surface area contributed by atoms with Gasteiger partial charge in [0.2, 0.25) is 5.91 Å². The molecule has 1 fully saturated rings. The van der Waals surface area contributed by atoms with Crippen LogP contribution in [-0.2, 0) is 17.8 Å². The molecule has 27 heavy (non-hydrogen) atoms. The molecule has 2 aliphatic heterocycles. The summed E-state index contributed by atoms with van der Waals surface area (Å²) in [4.78, 5) is 29.4. The topological polar surface area (TPSA) is 71.3 Å². The van der Waals surface area contributed by atoms with Crippen LogP contribution in [-0.4, -0.2) is 56.5 Å². The molecule has 1 atom stereocenters. The van der Waals surface area contributed by atoms with Crippen molar-refractivity contribution in [1.82, 2.24) is 24.6 Å². The Kier molecular flexibility index (Phi) is 5.24. The van der Waals surface area contributed by atoms with Crippen molar-refractivity contribution in [2.45, 2.75) is 51.1 Å². The lowest BCUT2D eigenvalue weighted by atomic mass is 10.2. The van der Waals surface area contributed by atoms with Crippen molar-refractivity contribution in [2.75, 3.05) is 20.1 Å². The highest BCUT2D eigenvalue weighted by atomic mass is 32.1. The van der Waals surface area contributed by atoms with Crippen LogP contribution in [0.3, 0.4) is 0 Å². The van der Waals surface area contributed by atoms with Gasteiger partial charge in [0, 0.05) is 26.6 Å². The fraction of sp³-hybridized carbons (Fsp3) is 0.579. The summed E-state index contributed by atoms with van der Waals surface area (Å²) in [5.74, 6) is 1.85. The number of aryl methyl sites for hydroxylation is 1. The van der Waals surface area contributed by atoms with E-state index in [1.54, 1.807) is 13.1 Å². The highest BCUT2D eigenvalue weighted by Crippen LogP contribution is 2.32. The molecule has 7 nitrogen and oxygen atoms in total. The second-order valence-corrected chi connectivity index (χ2v) is 8.27. The predicted molar refractivity (Wildman–Crippen MR) is 103 cm³/mol. The largest absolute Gasteiger partial charge is 0.332 e. The van der Waals surface area contributed by atoms with Crippen LogP contribution >= 0.6 is 11.3 Å². The first-order valence-corrected chi connectivity index (χ1v) is 10.5. The second kappa shape index (κ2) is 7.80. The van der Waals surface area contributed by atoms with Gasteiger partial charge < -0.3 is 14.4 Å². The molecule has 144 valence electrons. The molecule has 1 saturated heterocycles. The van der Waals surface area contributed by atoms with Gasteiger partial charge in [-0.2, -0.15) is 0 Å². The van der Waals surface area contributed by atoms with Gasteiger partial charge in [0.05, 0.1) is 17.5 Å². The molecule has 2 amide bonds. The number of thiophene rings is 1. The van der Waals surface area contributed by atoms with E-state index in [-0.39, 0.29) is 24.4 Å². The number of fused-ring (bicyclic) bond motifs is 1. The zero-order chi connectivity index (χ0) is 18.8. The number of rotatable bonds is 4. The Labute approximate surface area is 163 Å². The van der Waals surface area contributed by atoms with Crippen molar-refractivity contribution >= 4 is 23.2 Å². The van der Waals surface area contributed by atoms with Gasteiger partial charge in [-0.05, 0) is 37.1 Å². The van der Waals surface area contributed by atoms with Crippen molar-refractivity contribution in [1.29, 1.82) is 0 Å². The summed E-state index contributed by atoms with van der Waals surface area (Å²) in [6, 6.07) is 3.61. The first-order chi connectivity index (χ1) is 13.1. The Morgan fingerprint density at radius 1 is 1.22 bits per heavy atom. The van der Waals surface area contributed by atoms with Gasteiger partial charge in [-0.3, -0.25) is 9.59 Å². The average Bonchev–Trinajstić information content (AvgIpc) is 3.39. The number of likely N-dealkylation sites (N-methyl/N-ethyl adjacent to an activating group) is 1. The molecular formula is C19H25N5O2S. The zero-order valence-electron chi connectivity index (χ0n) is 15.6. The standard InChI is InChI=1S/C19H25N5O2S/c1-22(19(26)15-8-6-12-27-15)13-17(25)23-11-5-7-14(23)18-21-20-16-9-3-2-4-10-24(16)18/h6,8,12,14H,2-5,7,9-11,13H2,1H3. The van der Waals surface area contributed by atoms with Crippen molar-refractivity contribution in [3.63, 3.8) is 0 Å². The van der Waals surface area contributed by atoms with Gasteiger partial charge in [0.25, 0.3) is 5.91 Å². The highest BCUT2D eigenvalue weighted by molar-refractivity contribution is 7.12. The molecule has 0 bridgehead atoms. The van der Waals surface area contributed by atoms with E-state index in [9.17, 15) is 9.59 Å². The Hall–Kier alpha value is -2.22. The van der Waals surface area contributed by atoms with Gasteiger partial charge >= 0.3 is 0 Å². The van der Waals surface area contributed by atoms with Crippen molar-refractivity contribution in [3.8, 4) is 0 Å². The Morgan fingerprint density at radius 2 is 2.11 bits per heavy atom. The molecule has 2 aromatic heterocycles. The number of hydrogen-bond donors (Lipinski definition) is 0. The van der Waals surface area contributed by atoms with Gasteiger partial charge in [-0.1, -0.05) is 12.5 Å². The number of carbonyl (C=O) groups excluding carboxylic acids is 2. The van der Waals surface area contributed by atoms with Crippen LogP contribution in [0.25, 0.3) is 0 Å². The third-order valence-electron chi connectivity index (χ3n) is 5.46. The number of aromatic nitrogens is 3. The minimum Gasteiger partial charge on any atom is -0.332 e. The third kappa shape index (κ3) is 3.63. The van der Waals surface area contributed by atoms with E-state index in [1.807, 2.05) is 16.3 Å². The Bertz CT molecular complexity index is 816. The van der Waals surface area contributed by atoms with Gasteiger partial charge in [-0.25, -0.2) is 0 Å². The molecule has 0 N–H and O–H groups in total. The lowest BCUT2D eigenvalue weighted by Gasteiger charge is -2.27. The van der Waals surface area contributed by atoms with Crippen LogP contribution in [0.15, 0.2) is 17.5 Å². The zero-order valence-corrected chi connectivity index (χ0v) is 16.5. The molecular weight excluding hydrogens is 362 g/mol. The third-order valence-corrected chi connectivity index (χ3v) is 6.32. The fourth-order valence-corrected chi connectivity index (χ4v) is 4.76.